The Balaban J connectivity index is 2.26. The van der Waals surface area contributed by atoms with Crippen LogP contribution in [0.3, 0.4) is 0 Å². The molecule has 0 saturated heterocycles. The summed E-state index contributed by atoms with van der Waals surface area (Å²) in [6, 6.07) is 12.2. The Labute approximate surface area is 123 Å². The van der Waals surface area contributed by atoms with Gasteiger partial charge >= 0.3 is 0 Å². The normalized spacial score (nSPS) is 11.1. The van der Waals surface area contributed by atoms with Gasteiger partial charge in [0.15, 0.2) is 0 Å². The lowest BCUT2D eigenvalue weighted by atomic mass is 10.1. The Morgan fingerprint density at radius 3 is 2.78 bits per heavy atom. The summed E-state index contributed by atoms with van der Waals surface area (Å²) in [7, 11) is 0. The monoisotopic (exact) mass is 337 g/mol. The molecule has 0 saturated carbocycles. The van der Waals surface area contributed by atoms with Crippen molar-refractivity contribution in [3.8, 4) is 10.6 Å². The van der Waals surface area contributed by atoms with Crippen LogP contribution in [-0.2, 0) is 0 Å². The van der Waals surface area contributed by atoms with E-state index in [-0.39, 0.29) is 0 Å². The highest BCUT2D eigenvalue weighted by Crippen LogP contribution is 2.36. The van der Waals surface area contributed by atoms with Crippen LogP contribution in [-0.4, -0.2) is 4.98 Å². The van der Waals surface area contributed by atoms with Gasteiger partial charge in [0.05, 0.1) is 9.72 Å². The van der Waals surface area contributed by atoms with Crippen molar-refractivity contribution in [3.05, 3.63) is 51.5 Å². The van der Waals surface area contributed by atoms with Crippen molar-refractivity contribution in [2.75, 3.05) is 0 Å². The molecule has 0 unspecified atom stereocenters. The molecule has 0 spiro atoms. The molecule has 3 rings (SSSR count). The number of aromatic nitrogens is 1. The van der Waals surface area contributed by atoms with Crippen molar-refractivity contribution >= 4 is 49.1 Å². The molecule has 0 fully saturated rings. The van der Waals surface area contributed by atoms with Crippen LogP contribution in [0.4, 0.5) is 0 Å². The quantitative estimate of drug-likeness (QED) is 0.555. The molecule has 2 aromatic carbocycles. The summed E-state index contributed by atoms with van der Waals surface area (Å²) >= 11 is 11.3. The lowest BCUT2D eigenvalue weighted by molar-refractivity contribution is 1.41. The van der Waals surface area contributed by atoms with Crippen LogP contribution in [0.15, 0.2) is 40.9 Å². The SMILES string of the molecule is Cc1ccccc1-c1nc2c(Cl)cc(Br)cc2s1. The molecule has 1 aromatic heterocycles. The topological polar surface area (TPSA) is 12.9 Å². The molecule has 0 aliphatic carbocycles. The van der Waals surface area contributed by atoms with E-state index in [2.05, 4.69) is 46.0 Å². The van der Waals surface area contributed by atoms with E-state index in [1.165, 1.54) is 11.1 Å². The number of nitrogens with zero attached hydrogens (tertiary/aromatic N) is 1. The minimum atomic E-state index is 0.690. The van der Waals surface area contributed by atoms with Gasteiger partial charge in [-0.1, -0.05) is 51.8 Å². The second-order valence-corrected chi connectivity index (χ2v) is 6.42. The van der Waals surface area contributed by atoms with Crippen molar-refractivity contribution in [1.29, 1.82) is 0 Å². The van der Waals surface area contributed by atoms with Gasteiger partial charge in [-0.05, 0) is 24.6 Å². The lowest BCUT2D eigenvalue weighted by Crippen LogP contribution is -1.80. The van der Waals surface area contributed by atoms with Crippen molar-refractivity contribution < 1.29 is 0 Å². The number of halogens is 2. The van der Waals surface area contributed by atoms with E-state index in [4.69, 9.17) is 11.6 Å². The van der Waals surface area contributed by atoms with E-state index < -0.39 is 0 Å². The fourth-order valence-corrected chi connectivity index (χ4v) is 4.07. The van der Waals surface area contributed by atoms with E-state index >= 15 is 0 Å². The fourth-order valence-electron chi connectivity index (χ4n) is 1.89. The smallest absolute Gasteiger partial charge is 0.124 e. The van der Waals surface area contributed by atoms with Gasteiger partial charge in [0, 0.05) is 10.0 Å². The predicted molar refractivity (Wildman–Crippen MR) is 82.5 cm³/mol. The van der Waals surface area contributed by atoms with Crippen LogP contribution < -0.4 is 0 Å². The largest absolute Gasteiger partial charge is 0.234 e. The number of hydrogen-bond donors (Lipinski definition) is 0. The van der Waals surface area contributed by atoms with Crippen LogP contribution in [0.25, 0.3) is 20.8 Å². The van der Waals surface area contributed by atoms with E-state index in [0.717, 1.165) is 19.7 Å². The van der Waals surface area contributed by atoms with Gasteiger partial charge < -0.3 is 0 Å². The maximum Gasteiger partial charge on any atom is 0.124 e. The first-order valence-corrected chi connectivity index (χ1v) is 7.45. The third-order valence-corrected chi connectivity index (χ3v) is 4.57. The highest BCUT2D eigenvalue weighted by atomic mass is 79.9. The minimum absolute atomic E-state index is 0.690. The molecule has 0 aliphatic heterocycles. The molecule has 1 nitrogen and oxygen atoms in total. The number of thiazole rings is 1. The lowest BCUT2D eigenvalue weighted by Gasteiger charge is -1.99. The Morgan fingerprint density at radius 1 is 1.22 bits per heavy atom. The van der Waals surface area contributed by atoms with Crippen LogP contribution in [0.5, 0.6) is 0 Å². The molecule has 0 radical (unpaired) electrons. The highest BCUT2D eigenvalue weighted by molar-refractivity contribution is 9.10. The molecule has 1 heterocycles. The molecule has 0 bridgehead atoms. The van der Waals surface area contributed by atoms with Gasteiger partial charge in [0.25, 0.3) is 0 Å². The molecule has 0 N–H and O–H groups in total. The first kappa shape index (κ1) is 12.2. The highest BCUT2D eigenvalue weighted by Gasteiger charge is 2.11. The summed E-state index contributed by atoms with van der Waals surface area (Å²) in [6.45, 7) is 2.10. The number of benzene rings is 2. The second-order valence-electron chi connectivity index (χ2n) is 4.07. The zero-order valence-electron chi connectivity index (χ0n) is 9.58. The first-order chi connectivity index (χ1) is 8.65. The van der Waals surface area contributed by atoms with Gasteiger partial charge in [-0.3, -0.25) is 0 Å². The Kier molecular flexibility index (Phi) is 3.14. The molecular weight excluding hydrogens is 330 g/mol. The van der Waals surface area contributed by atoms with Crippen LogP contribution in [0, 0.1) is 6.92 Å². The Morgan fingerprint density at radius 2 is 2.00 bits per heavy atom. The van der Waals surface area contributed by atoms with Crippen LogP contribution in [0.2, 0.25) is 5.02 Å². The molecule has 0 aliphatic rings. The number of rotatable bonds is 1. The van der Waals surface area contributed by atoms with Crippen molar-refractivity contribution in [2.24, 2.45) is 0 Å². The molecule has 0 atom stereocenters. The van der Waals surface area contributed by atoms with Crippen molar-refractivity contribution in [2.45, 2.75) is 6.92 Å². The van der Waals surface area contributed by atoms with Gasteiger partial charge in [-0.25, -0.2) is 4.98 Å². The second kappa shape index (κ2) is 4.65. The maximum atomic E-state index is 6.22. The maximum absolute atomic E-state index is 6.22. The number of fused-ring (bicyclic) bond motifs is 1. The third kappa shape index (κ3) is 2.07. The molecule has 4 heteroatoms. The Hall–Kier alpha value is -0.900. The summed E-state index contributed by atoms with van der Waals surface area (Å²) in [4.78, 5) is 4.65. The predicted octanol–water partition coefficient (Wildman–Crippen LogP) is 5.69. The fraction of sp³-hybridized carbons (Fsp3) is 0.0714. The number of aryl methyl sites for hydroxylation is 1. The minimum Gasteiger partial charge on any atom is -0.234 e. The molecule has 3 aromatic rings. The number of hydrogen-bond acceptors (Lipinski definition) is 2. The summed E-state index contributed by atoms with van der Waals surface area (Å²) in [5.41, 5.74) is 3.28. The van der Waals surface area contributed by atoms with E-state index in [0.29, 0.717) is 5.02 Å². The molecular formula is C14H9BrClNS. The van der Waals surface area contributed by atoms with E-state index in [9.17, 15) is 0 Å². The molecule has 0 amide bonds. The zero-order valence-corrected chi connectivity index (χ0v) is 12.7. The summed E-state index contributed by atoms with van der Waals surface area (Å²) in [5, 5.41) is 1.71. The molecule has 90 valence electrons. The average Bonchev–Trinajstić information content (AvgIpc) is 2.73. The molecule has 18 heavy (non-hydrogen) atoms. The summed E-state index contributed by atoms with van der Waals surface area (Å²) in [6.07, 6.45) is 0. The van der Waals surface area contributed by atoms with Gasteiger partial charge in [0.1, 0.15) is 10.5 Å². The van der Waals surface area contributed by atoms with E-state index in [1.807, 2.05) is 18.2 Å². The summed E-state index contributed by atoms with van der Waals surface area (Å²) in [5.74, 6) is 0. The summed E-state index contributed by atoms with van der Waals surface area (Å²) < 4.78 is 2.09. The van der Waals surface area contributed by atoms with Gasteiger partial charge in [-0.2, -0.15) is 0 Å². The Bertz CT molecular complexity index is 736. The zero-order chi connectivity index (χ0) is 12.7. The standard InChI is InChI=1S/C14H9BrClNS/c1-8-4-2-3-5-10(8)14-17-13-11(16)6-9(15)7-12(13)18-14/h2-7H,1H3. The van der Waals surface area contributed by atoms with Crippen molar-refractivity contribution in [3.63, 3.8) is 0 Å². The van der Waals surface area contributed by atoms with Gasteiger partial charge in [-0.15, -0.1) is 11.3 Å². The van der Waals surface area contributed by atoms with Crippen LogP contribution in [0.1, 0.15) is 5.56 Å². The first-order valence-electron chi connectivity index (χ1n) is 5.47. The van der Waals surface area contributed by atoms with E-state index in [1.54, 1.807) is 11.3 Å². The van der Waals surface area contributed by atoms with Crippen molar-refractivity contribution in [1.82, 2.24) is 4.98 Å². The van der Waals surface area contributed by atoms with Gasteiger partial charge in [0.2, 0.25) is 0 Å². The van der Waals surface area contributed by atoms with Crippen LogP contribution >= 0.6 is 38.9 Å². The third-order valence-electron chi connectivity index (χ3n) is 2.79. The average molecular weight is 339 g/mol.